The van der Waals surface area contributed by atoms with Gasteiger partial charge in [0.15, 0.2) is 0 Å². The summed E-state index contributed by atoms with van der Waals surface area (Å²) in [4.78, 5) is 43.3. The lowest BCUT2D eigenvalue weighted by molar-refractivity contribution is -0.142. The Morgan fingerprint density at radius 2 is 1.77 bits per heavy atom. The van der Waals surface area contributed by atoms with Gasteiger partial charge in [-0.2, -0.15) is 0 Å². The fourth-order valence-electron chi connectivity index (χ4n) is 7.23. The third kappa shape index (κ3) is 4.03. The van der Waals surface area contributed by atoms with Gasteiger partial charge in [0.25, 0.3) is 0 Å². The first kappa shape index (κ1) is 25.9. The van der Waals surface area contributed by atoms with Gasteiger partial charge >= 0.3 is 0 Å². The number of thioether (sulfide) groups is 1. The van der Waals surface area contributed by atoms with Gasteiger partial charge in [-0.15, -0.1) is 11.8 Å². The second-order valence-corrected chi connectivity index (χ2v) is 12.5. The minimum Gasteiger partial charge on any atom is -0.394 e. The Kier molecular flexibility index (Phi) is 6.63. The third-order valence-electron chi connectivity index (χ3n) is 8.92. The molecule has 6 rings (SSSR count). The lowest BCUT2D eigenvalue weighted by Gasteiger charge is -2.40. The van der Waals surface area contributed by atoms with Crippen LogP contribution in [0.25, 0.3) is 10.8 Å². The van der Waals surface area contributed by atoms with Crippen molar-refractivity contribution in [2.24, 2.45) is 17.8 Å². The second-order valence-electron chi connectivity index (χ2n) is 11.0. The summed E-state index contributed by atoms with van der Waals surface area (Å²) in [5, 5.41) is 18.5. The van der Waals surface area contributed by atoms with E-state index >= 15 is 0 Å². The van der Waals surface area contributed by atoms with Crippen molar-refractivity contribution in [3.63, 3.8) is 0 Å². The number of hydrogen-bond acceptors (Lipinski definition) is 5. The number of nitrogens with zero attached hydrogens (tertiary/aromatic N) is 1. The van der Waals surface area contributed by atoms with Crippen LogP contribution in [0.15, 0.2) is 72.8 Å². The van der Waals surface area contributed by atoms with Crippen LogP contribution in [0.1, 0.15) is 18.9 Å². The first-order valence-corrected chi connectivity index (χ1v) is 14.4. The number of hydrogen-bond donors (Lipinski definition) is 3. The van der Waals surface area contributed by atoms with Crippen molar-refractivity contribution in [1.82, 2.24) is 10.2 Å². The zero-order chi connectivity index (χ0) is 27.3. The molecular weight excluding hydrogens is 510 g/mol. The van der Waals surface area contributed by atoms with Gasteiger partial charge in [-0.25, -0.2) is 0 Å². The van der Waals surface area contributed by atoms with Crippen LogP contribution in [0.4, 0.5) is 5.69 Å². The summed E-state index contributed by atoms with van der Waals surface area (Å²) >= 11 is 1.63. The third-order valence-corrected chi connectivity index (χ3v) is 11.0. The second kappa shape index (κ2) is 9.99. The van der Waals surface area contributed by atoms with Gasteiger partial charge in [0.05, 0.1) is 29.2 Å². The highest BCUT2D eigenvalue weighted by Gasteiger charge is 2.76. The van der Waals surface area contributed by atoms with Crippen molar-refractivity contribution in [2.75, 3.05) is 19.0 Å². The number of anilines is 1. The van der Waals surface area contributed by atoms with E-state index in [4.69, 9.17) is 0 Å². The monoisotopic (exact) mass is 543 g/mol. The molecule has 8 heteroatoms. The molecule has 3 N–H and O–H groups in total. The largest absolute Gasteiger partial charge is 0.394 e. The number of amides is 3. The van der Waals surface area contributed by atoms with E-state index in [0.717, 1.165) is 22.8 Å². The van der Waals surface area contributed by atoms with E-state index < -0.39 is 28.7 Å². The van der Waals surface area contributed by atoms with Crippen molar-refractivity contribution in [3.05, 3.63) is 78.4 Å². The Labute approximate surface area is 232 Å². The zero-order valence-electron chi connectivity index (χ0n) is 22.0. The smallest absolute Gasteiger partial charge is 0.248 e. The Balaban J connectivity index is 1.42. The number of aliphatic hydroxyl groups excluding tert-OH is 1. The molecule has 7 atom stereocenters. The first-order valence-electron chi connectivity index (χ1n) is 13.5. The van der Waals surface area contributed by atoms with Crippen molar-refractivity contribution in [1.29, 1.82) is 0 Å². The van der Waals surface area contributed by atoms with E-state index in [1.807, 2.05) is 72.8 Å². The van der Waals surface area contributed by atoms with Gasteiger partial charge in [0.2, 0.25) is 17.7 Å². The zero-order valence-corrected chi connectivity index (χ0v) is 22.9. The summed E-state index contributed by atoms with van der Waals surface area (Å²) in [6, 6.07) is 22.0. The molecule has 0 saturated carbocycles. The summed E-state index contributed by atoms with van der Waals surface area (Å²) in [6.45, 7) is 1.81. The van der Waals surface area contributed by atoms with Crippen LogP contribution in [-0.2, 0) is 20.8 Å². The molecule has 0 aromatic heterocycles. The Morgan fingerprint density at radius 1 is 1.05 bits per heavy atom. The molecule has 3 aliphatic heterocycles. The lowest BCUT2D eigenvalue weighted by atomic mass is 9.66. The molecule has 1 spiro atoms. The molecule has 2 bridgehead atoms. The first-order chi connectivity index (χ1) is 18.9. The molecule has 3 saturated heterocycles. The van der Waals surface area contributed by atoms with E-state index in [1.54, 1.807) is 23.7 Å². The van der Waals surface area contributed by atoms with E-state index in [-0.39, 0.29) is 35.5 Å². The van der Waals surface area contributed by atoms with E-state index in [0.29, 0.717) is 12.1 Å². The summed E-state index contributed by atoms with van der Waals surface area (Å²) in [5.74, 6) is -1.70. The maximum Gasteiger partial charge on any atom is 0.248 e. The standard InChI is InChI=1S/C31H33N3O4S/c1-18-14-24-25(28(36)32-2)26-30(38)34(23(17-35)15-19-8-4-3-5-9-19)27(31(18,26)39-24)29(37)33-22-13-12-20-10-6-7-11-21(20)16-22/h3-13,16,18,23-27,35H,14-15,17H2,1-2H3,(H,32,36)(H,33,37)/t18?,23-,24+,25-,26+,27?,31?/m1/s1. The molecule has 0 radical (unpaired) electrons. The van der Waals surface area contributed by atoms with Gasteiger partial charge in [-0.3, -0.25) is 14.4 Å². The Bertz CT molecular complexity index is 1430. The van der Waals surface area contributed by atoms with Gasteiger partial charge < -0.3 is 20.6 Å². The average Bonchev–Trinajstić information content (AvgIpc) is 3.55. The highest BCUT2D eigenvalue weighted by atomic mass is 32.2. The number of carbonyl (C=O) groups is 3. The minimum atomic E-state index is -0.818. The normalized spacial score (nSPS) is 29.9. The fourth-order valence-corrected chi connectivity index (χ4v) is 9.64. The number of likely N-dealkylation sites (tertiary alicyclic amines) is 1. The number of fused-ring (bicyclic) bond motifs is 2. The van der Waals surface area contributed by atoms with E-state index in [9.17, 15) is 19.5 Å². The molecule has 3 aromatic carbocycles. The number of aliphatic hydroxyl groups is 1. The van der Waals surface area contributed by atoms with Crippen LogP contribution in [0.5, 0.6) is 0 Å². The van der Waals surface area contributed by atoms with Gasteiger partial charge in [-0.1, -0.05) is 67.6 Å². The fraction of sp³-hybridized carbons (Fsp3) is 0.387. The molecule has 202 valence electrons. The Morgan fingerprint density at radius 3 is 2.49 bits per heavy atom. The number of rotatable bonds is 7. The summed E-state index contributed by atoms with van der Waals surface area (Å²) in [7, 11) is 1.60. The number of benzene rings is 3. The SMILES string of the molecule is CNC(=O)[C@@H]1[C@@H]2CC(C)C3(S2)C(C(=O)Nc2ccc4ccccc4c2)N([C@@H](CO)Cc2ccccc2)C(=O)[C@H]13. The molecular formula is C31H33N3O4S. The highest BCUT2D eigenvalue weighted by molar-refractivity contribution is 8.02. The van der Waals surface area contributed by atoms with Crippen molar-refractivity contribution in [3.8, 4) is 0 Å². The van der Waals surface area contributed by atoms with Crippen LogP contribution in [0, 0.1) is 17.8 Å². The van der Waals surface area contributed by atoms with Crippen LogP contribution in [-0.4, -0.2) is 63.5 Å². The molecule has 7 nitrogen and oxygen atoms in total. The van der Waals surface area contributed by atoms with Crippen LogP contribution < -0.4 is 10.6 Å². The molecule has 3 amide bonds. The van der Waals surface area contributed by atoms with E-state index in [2.05, 4.69) is 17.6 Å². The maximum atomic E-state index is 14.3. The number of carbonyl (C=O) groups excluding carboxylic acids is 3. The number of nitrogens with one attached hydrogen (secondary N) is 2. The quantitative estimate of drug-likeness (QED) is 0.424. The van der Waals surface area contributed by atoms with Crippen molar-refractivity contribution in [2.45, 2.75) is 41.8 Å². The van der Waals surface area contributed by atoms with Gasteiger partial charge in [0, 0.05) is 18.0 Å². The topological polar surface area (TPSA) is 98.7 Å². The van der Waals surface area contributed by atoms with Crippen LogP contribution in [0.3, 0.4) is 0 Å². The lowest BCUT2D eigenvalue weighted by Crippen LogP contribution is -2.57. The summed E-state index contributed by atoms with van der Waals surface area (Å²) in [6.07, 6.45) is 1.18. The van der Waals surface area contributed by atoms with Gasteiger partial charge in [-0.05, 0) is 47.2 Å². The molecule has 0 aliphatic carbocycles. The summed E-state index contributed by atoms with van der Waals surface area (Å²) in [5.41, 5.74) is 1.63. The highest BCUT2D eigenvalue weighted by Crippen LogP contribution is 2.68. The van der Waals surface area contributed by atoms with Gasteiger partial charge in [0.1, 0.15) is 6.04 Å². The van der Waals surface area contributed by atoms with Crippen LogP contribution >= 0.6 is 11.8 Å². The van der Waals surface area contributed by atoms with Crippen LogP contribution in [0.2, 0.25) is 0 Å². The van der Waals surface area contributed by atoms with E-state index in [1.165, 1.54) is 0 Å². The average molecular weight is 544 g/mol. The maximum absolute atomic E-state index is 14.3. The molecule has 3 unspecified atom stereocenters. The van der Waals surface area contributed by atoms with Crippen molar-refractivity contribution < 1.29 is 19.5 Å². The molecule has 3 heterocycles. The Hall–Kier alpha value is -3.36. The molecule has 3 aliphatic rings. The minimum absolute atomic E-state index is 0.0197. The molecule has 39 heavy (non-hydrogen) atoms. The predicted octanol–water partition coefficient (Wildman–Crippen LogP) is 3.47. The summed E-state index contributed by atoms with van der Waals surface area (Å²) < 4.78 is -0.746. The van der Waals surface area contributed by atoms with Crippen molar-refractivity contribution >= 4 is 45.9 Å². The molecule has 3 aromatic rings. The predicted molar refractivity (Wildman–Crippen MR) is 153 cm³/mol. The molecule has 3 fully saturated rings.